The molecule has 4 nitrogen and oxygen atoms in total. The van der Waals surface area contributed by atoms with Gasteiger partial charge in [-0.2, -0.15) is 0 Å². The monoisotopic (exact) mass is 474 g/mol. The van der Waals surface area contributed by atoms with Crippen molar-refractivity contribution >= 4 is 35.0 Å². The molecule has 0 aromatic heterocycles. The third-order valence-electron chi connectivity index (χ3n) is 6.32. The fraction of sp³-hybridized carbons (Fsp3) is 0.462. The Morgan fingerprint density at radius 3 is 2.44 bits per heavy atom. The molecule has 1 fully saturated rings. The number of hydrogen-bond donors (Lipinski definition) is 1. The number of carbonyl (C=O) groups excluding carboxylic acids is 2. The van der Waals surface area contributed by atoms with Gasteiger partial charge in [0, 0.05) is 22.6 Å². The highest BCUT2D eigenvalue weighted by Gasteiger charge is 2.29. The lowest BCUT2D eigenvalue weighted by Crippen LogP contribution is -2.50. The SMILES string of the molecule is Cc1ccc(C)c(CC(=O)N(Cc2ccc(Cl)cc2Cl)[C@@H](C)C(=O)NC2CCCCC2)c1. The molecule has 0 spiro atoms. The molecule has 1 N–H and O–H groups in total. The highest BCUT2D eigenvalue weighted by atomic mass is 35.5. The molecule has 3 rings (SSSR count). The molecule has 0 unspecified atom stereocenters. The molecule has 1 atom stereocenters. The number of nitrogens with one attached hydrogen (secondary N) is 1. The summed E-state index contributed by atoms with van der Waals surface area (Å²) in [4.78, 5) is 28.2. The first kappa shape index (κ1) is 24.6. The van der Waals surface area contributed by atoms with E-state index in [1.807, 2.05) is 38.1 Å². The van der Waals surface area contributed by atoms with Gasteiger partial charge in [0.1, 0.15) is 6.04 Å². The molecule has 0 heterocycles. The Hall–Kier alpha value is -2.04. The van der Waals surface area contributed by atoms with Gasteiger partial charge in [-0.15, -0.1) is 0 Å². The van der Waals surface area contributed by atoms with E-state index in [2.05, 4.69) is 5.32 Å². The first-order valence-corrected chi connectivity index (χ1v) is 12.1. The number of amides is 2. The first-order chi connectivity index (χ1) is 15.2. The van der Waals surface area contributed by atoms with E-state index in [4.69, 9.17) is 23.2 Å². The van der Waals surface area contributed by atoms with Crippen LogP contribution in [0.5, 0.6) is 0 Å². The van der Waals surface area contributed by atoms with Gasteiger partial charge < -0.3 is 10.2 Å². The molecule has 0 saturated heterocycles. The summed E-state index contributed by atoms with van der Waals surface area (Å²) in [5.74, 6) is -0.215. The number of carbonyl (C=O) groups is 2. The Morgan fingerprint density at radius 2 is 1.75 bits per heavy atom. The van der Waals surface area contributed by atoms with E-state index in [0.717, 1.165) is 47.9 Å². The molecule has 32 heavy (non-hydrogen) atoms. The van der Waals surface area contributed by atoms with Crippen LogP contribution in [0.3, 0.4) is 0 Å². The van der Waals surface area contributed by atoms with Crippen molar-refractivity contribution in [2.24, 2.45) is 0 Å². The second-order valence-electron chi connectivity index (χ2n) is 8.88. The number of hydrogen-bond acceptors (Lipinski definition) is 2. The maximum absolute atomic E-state index is 13.5. The quantitative estimate of drug-likeness (QED) is 0.533. The number of aryl methyl sites for hydroxylation is 2. The zero-order valence-electron chi connectivity index (χ0n) is 19.1. The third-order valence-corrected chi connectivity index (χ3v) is 6.91. The smallest absolute Gasteiger partial charge is 0.242 e. The van der Waals surface area contributed by atoms with E-state index in [9.17, 15) is 9.59 Å². The average Bonchev–Trinajstić information content (AvgIpc) is 2.76. The topological polar surface area (TPSA) is 49.4 Å². The normalized spacial score (nSPS) is 15.3. The number of nitrogens with zero attached hydrogens (tertiary/aromatic N) is 1. The van der Waals surface area contributed by atoms with Crippen molar-refractivity contribution in [3.8, 4) is 0 Å². The second-order valence-corrected chi connectivity index (χ2v) is 9.73. The lowest BCUT2D eigenvalue weighted by molar-refractivity contribution is -0.140. The van der Waals surface area contributed by atoms with Gasteiger partial charge in [0.25, 0.3) is 0 Å². The number of rotatable bonds is 7. The van der Waals surface area contributed by atoms with Gasteiger partial charge in [-0.05, 0) is 62.4 Å². The van der Waals surface area contributed by atoms with Crippen LogP contribution in [0.4, 0.5) is 0 Å². The standard InChI is InChI=1S/C26H32Cl2N2O2/c1-17-9-10-18(2)21(13-17)14-25(31)30(16-20-11-12-22(27)15-24(20)28)19(3)26(32)29-23-7-5-4-6-8-23/h9-13,15,19,23H,4-8,14,16H2,1-3H3,(H,29,32)/t19-/m0/s1. The minimum atomic E-state index is -0.610. The number of benzene rings is 2. The summed E-state index contributed by atoms with van der Waals surface area (Å²) in [6.07, 6.45) is 5.72. The zero-order chi connectivity index (χ0) is 23.3. The minimum Gasteiger partial charge on any atom is -0.352 e. The molecule has 2 amide bonds. The van der Waals surface area contributed by atoms with Crippen molar-refractivity contribution in [3.05, 3.63) is 68.7 Å². The molecular weight excluding hydrogens is 443 g/mol. The largest absolute Gasteiger partial charge is 0.352 e. The van der Waals surface area contributed by atoms with Gasteiger partial charge in [-0.3, -0.25) is 9.59 Å². The fourth-order valence-electron chi connectivity index (χ4n) is 4.24. The summed E-state index contributed by atoms with van der Waals surface area (Å²) in [7, 11) is 0. The second kappa shape index (κ2) is 11.2. The van der Waals surface area contributed by atoms with Crippen LogP contribution in [0, 0.1) is 13.8 Å². The van der Waals surface area contributed by atoms with Gasteiger partial charge in [0.2, 0.25) is 11.8 Å². The molecule has 1 aliphatic rings. The Balaban J connectivity index is 1.82. The van der Waals surface area contributed by atoms with E-state index in [1.165, 1.54) is 6.42 Å². The zero-order valence-corrected chi connectivity index (χ0v) is 20.6. The van der Waals surface area contributed by atoms with Crippen LogP contribution in [0.1, 0.15) is 61.3 Å². The summed E-state index contributed by atoms with van der Waals surface area (Å²) in [6, 6.07) is 10.9. The van der Waals surface area contributed by atoms with Crippen molar-refractivity contribution in [2.45, 2.75) is 77.9 Å². The first-order valence-electron chi connectivity index (χ1n) is 11.3. The maximum atomic E-state index is 13.5. The predicted molar refractivity (Wildman–Crippen MR) is 131 cm³/mol. The molecule has 0 aliphatic heterocycles. The Morgan fingerprint density at radius 1 is 1.03 bits per heavy atom. The molecule has 6 heteroatoms. The maximum Gasteiger partial charge on any atom is 0.242 e. The van der Waals surface area contributed by atoms with Gasteiger partial charge in [0.15, 0.2) is 0 Å². The van der Waals surface area contributed by atoms with Crippen molar-refractivity contribution in [1.29, 1.82) is 0 Å². The van der Waals surface area contributed by atoms with Crippen LogP contribution in [0.2, 0.25) is 10.0 Å². The van der Waals surface area contributed by atoms with Crippen LogP contribution in [0.25, 0.3) is 0 Å². The molecule has 1 saturated carbocycles. The van der Waals surface area contributed by atoms with Gasteiger partial charge in [0.05, 0.1) is 6.42 Å². The van der Waals surface area contributed by atoms with Crippen LogP contribution in [-0.2, 0) is 22.6 Å². The van der Waals surface area contributed by atoms with Crippen molar-refractivity contribution < 1.29 is 9.59 Å². The van der Waals surface area contributed by atoms with E-state index in [-0.39, 0.29) is 30.8 Å². The lowest BCUT2D eigenvalue weighted by Gasteiger charge is -2.31. The fourth-order valence-corrected chi connectivity index (χ4v) is 4.71. The molecule has 0 bridgehead atoms. The van der Waals surface area contributed by atoms with Gasteiger partial charge >= 0.3 is 0 Å². The Bertz CT molecular complexity index is 970. The molecule has 2 aromatic carbocycles. The van der Waals surface area contributed by atoms with E-state index < -0.39 is 6.04 Å². The van der Waals surface area contributed by atoms with E-state index >= 15 is 0 Å². The summed E-state index contributed by atoms with van der Waals surface area (Å²) in [5.41, 5.74) is 3.91. The molecule has 1 aliphatic carbocycles. The van der Waals surface area contributed by atoms with Crippen molar-refractivity contribution in [2.75, 3.05) is 0 Å². The lowest BCUT2D eigenvalue weighted by atomic mass is 9.95. The van der Waals surface area contributed by atoms with Crippen LogP contribution in [-0.4, -0.2) is 28.8 Å². The van der Waals surface area contributed by atoms with Crippen LogP contribution >= 0.6 is 23.2 Å². The van der Waals surface area contributed by atoms with Gasteiger partial charge in [-0.25, -0.2) is 0 Å². The van der Waals surface area contributed by atoms with E-state index in [0.29, 0.717) is 10.0 Å². The van der Waals surface area contributed by atoms with Gasteiger partial charge in [-0.1, -0.05) is 72.3 Å². The summed E-state index contributed by atoms with van der Waals surface area (Å²) < 4.78 is 0. The highest BCUT2D eigenvalue weighted by Crippen LogP contribution is 2.24. The highest BCUT2D eigenvalue weighted by molar-refractivity contribution is 6.35. The van der Waals surface area contributed by atoms with E-state index in [1.54, 1.807) is 24.0 Å². The predicted octanol–water partition coefficient (Wildman–Crippen LogP) is 6.02. The summed E-state index contributed by atoms with van der Waals surface area (Å²) in [6.45, 7) is 6.06. The Labute approximate surface area is 201 Å². The van der Waals surface area contributed by atoms with Crippen LogP contribution < -0.4 is 5.32 Å². The molecular formula is C26H32Cl2N2O2. The van der Waals surface area contributed by atoms with Crippen molar-refractivity contribution in [3.63, 3.8) is 0 Å². The minimum absolute atomic E-state index is 0.101. The summed E-state index contributed by atoms with van der Waals surface area (Å²) >= 11 is 12.4. The molecule has 2 aromatic rings. The molecule has 0 radical (unpaired) electrons. The Kier molecular flexibility index (Phi) is 8.61. The summed E-state index contributed by atoms with van der Waals surface area (Å²) in [5, 5.41) is 4.19. The molecule has 172 valence electrons. The third kappa shape index (κ3) is 6.49. The van der Waals surface area contributed by atoms with Crippen LogP contribution in [0.15, 0.2) is 36.4 Å². The number of halogens is 2. The van der Waals surface area contributed by atoms with Crippen molar-refractivity contribution in [1.82, 2.24) is 10.2 Å². The average molecular weight is 475 g/mol.